The van der Waals surface area contributed by atoms with Crippen molar-refractivity contribution in [3.63, 3.8) is 0 Å². The third kappa shape index (κ3) is 5.98. The average molecular weight is 792 g/mol. The smallest absolute Gasteiger partial charge is 0.238 e. The fourth-order valence-corrected chi connectivity index (χ4v) is 9.12. The topological polar surface area (TPSA) is 48.5 Å². The Kier molecular flexibility index (Phi) is 8.42. The van der Waals surface area contributed by atoms with Crippen molar-refractivity contribution in [2.75, 3.05) is 0 Å². The maximum Gasteiger partial charge on any atom is 0.238 e. The van der Waals surface area contributed by atoms with E-state index in [0.29, 0.717) is 17.6 Å². The first-order valence-corrected chi connectivity index (χ1v) is 20.9. The van der Waals surface area contributed by atoms with E-state index in [1.807, 2.05) is 0 Å². The number of fused-ring (bicyclic) bond motifs is 6. The van der Waals surface area contributed by atoms with Gasteiger partial charge in [-0.2, -0.15) is 9.97 Å². The summed E-state index contributed by atoms with van der Waals surface area (Å²) in [6.45, 7) is 0. The second kappa shape index (κ2) is 14.7. The molecule has 0 spiro atoms. The van der Waals surface area contributed by atoms with Gasteiger partial charge in [-0.3, -0.25) is 4.57 Å². The Hall–Kier alpha value is -8.41. The number of nitrogens with zero attached hydrogens (tertiary/aromatic N) is 5. The number of rotatable bonds is 7. The third-order valence-corrected chi connectivity index (χ3v) is 12.0. The van der Waals surface area contributed by atoms with Crippen molar-refractivity contribution in [2.24, 2.45) is 0 Å². The minimum atomic E-state index is 0.558. The Labute approximate surface area is 358 Å². The molecule has 0 saturated carbocycles. The van der Waals surface area contributed by atoms with Gasteiger partial charge in [0.1, 0.15) is 0 Å². The van der Waals surface area contributed by atoms with Crippen LogP contribution in [0.25, 0.3) is 111 Å². The van der Waals surface area contributed by atoms with Gasteiger partial charge in [-0.25, -0.2) is 4.98 Å². The van der Waals surface area contributed by atoms with Crippen molar-refractivity contribution in [3.8, 4) is 67.8 Å². The molecule has 0 amide bonds. The van der Waals surface area contributed by atoms with Gasteiger partial charge in [-0.1, -0.05) is 164 Å². The lowest BCUT2D eigenvalue weighted by atomic mass is 9.93. The van der Waals surface area contributed by atoms with Gasteiger partial charge in [0, 0.05) is 32.7 Å². The summed E-state index contributed by atoms with van der Waals surface area (Å²) in [6.07, 6.45) is 0. The average Bonchev–Trinajstić information content (AvgIpc) is 3.87. The van der Waals surface area contributed by atoms with Crippen LogP contribution in [0.15, 0.2) is 224 Å². The molecule has 0 aliphatic carbocycles. The maximum absolute atomic E-state index is 5.40. The highest BCUT2D eigenvalue weighted by molar-refractivity contribution is 6.10. The monoisotopic (exact) mass is 791 g/mol. The number of benzene rings is 9. The van der Waals surface area contributed by atoms with Crippen molar-refractivity contribution in [1.29, 1.82) is 0 Å². The molecule has 0 saturated heterocycles. The highest BCUT2D eigenvalue weighted by atomic mass is 15.2. The fraction of sp³-hybridized carbons (Fsp3) is 0. The molecule has 12 rings (SSSR count). The number of hydrogen-bond acceptors (Lipinski definition) is 3. The molecule has 0 bridgehead atoms. The highest BCUT2D eigenvalue weighted by Gasteiger charge is 2.21. The van der Waals surface area contributed by atoms with E-state index in [4.69, 9.17) is 15.0 Å². The lowest BCUT2D eigenvalue weighted by Gasteiger charge is -2.15. The van der Waals surface area contributed by atoms with Crippen LogP contribution in [0.1, 0.15) is 0 Å². The molecule has 0 aliphatic rings. The predicted molar refractivity (Wildman–Crippen MR) is 256 cm³/mol. The molecule has 290 valence electrons. The summed E-state index contributed by atoms with van der Waals surface area (Å²) in [5, 5.41) is 4.69. The first-order valence-electron chi connectivity index (χ1n) is 20.9. The Bertz CT molecular complexity index is 3470. The van der Waals surface area contributed by atoms with E-state index < -0.39 is 0 Å². The van der Waals surface area contributed by atoms with Crippen LogP contribution in [0.5, 0.6) is 0 Å². The second-order valence-electron chi connectivity index (χ2n) is 15.7. The molecule has 0 N–H and O–H groups in total. The molecule has 5 nitrogen and oxygen atoms in total. The standard InChI is InChI=1S/C57H37N5/c1-3-18-38(19-4-1)42-35-43(39-20-5-2-6-21-39)37-44(36-42)40-22-17-23-41(34-40)55-58-56(60-57(59-55)62-52-31-14-9-26-47(52)48-27-10-15-32-53(48)62)49-28-11-16-33-54(49)61-50-29-12-7-24-45(50)46-25-8-13-30-51(46)61/h1-37H. The summed E-state index contributed by atoms with van der Waals surface area (Å²) < 4.78 is 4.52. The molecule has 3 heterocycles. The Morgan fingerprint density at radius 1 is 0.258 bits per heavy atom. The molecular formula is C57H37N5. The van der Waals surface area contributed by atoms with Gasteiger partial charge in [0.15, 0.2) is 11.6 Å². The largest absolute Gasteiger partial charge is 0.309 e. The summed E-state index contributed by atoms with van der Waals surface area (Å²) in [5.41, 5.74) is 14.0. The predicted octanol–water partition coefficient (Wildman–Crippen LogP) is 14.4. The van der Waals surface area contributed by atoms with Gasteiger partial charge in [0.25, 0.3) is 0 Å². The first kappa shape index (κ1) is 35.5. The van der Waals surface area contributed by atoms with Crippen molar-refractivity contribution in [2.45, 2.75) is 0 Å². The maximum atomic E-state index is 5.40. The van der Waals surface area contributed by atoms with Gasteiger partial charge in [-0.15, -0.1) is 0 Å². The Balaban J connectivity index is 1.09. The van der Waals surface area contributed by atoms with E-state index in [1.54, 1.807) is 0 Å². The zero-order chi connectivity index (χ0) is 41.0. The van der Waals surface area contributed by atoms with Crippen molar-refractivity contribution in [3.05, 3.63) is 224 Å². The van der Waals surface area contributed by atoms with E-state index in [1.165, 1.54) is 21.9 Å². The van der Waals surface area contributed by atoms with Crippen LogP contribution in [0.4, 0.5) is 0 Å². The minimum absolute atomic E-state index is 0.558. The van der Waals surface area contributed by atoms with Crippen LogP contribution < -0.4 is 0 Å². The van der Waals surface area contributed by atoms with E-state index in [9.17, 15) is 0 Å². The van der Waals surface area contributed by atoms with Crippen molar-refractivity contribution in [1.82, 2.24) is 24.1 Å². The van der Waals surface area contributed by atoms with Crippen molar-refractivity contribution < 1.29 is 0 Å². The minimum Gasteiger partial charge on any atom is -0.309 e. The van der Waals surface area contributed by atoms with E-state index in [2.05, 4.69) is 234 Å². The Morgan fingerprint density at radius 3 is 1.19 bits per heavy atom. The van der Waals surface area contributed by atoms with Gasteiger partial charge in [-0.05, 0) is 94.0 Å². The van der Waals surface area contributed by atoms with Crippen molar-refractivity contribution >= 4 is 43.6 Å². The number of aromatic nitrogens is 5. The van der Waals surface area contributed by atoms with Crippen LogP contribution >= 0.6 is 0 Å². The van der Waals surface area contributed by atoms with Gasteiger partial charge < -0.3 is 4.57 Å². The summed E-state index contributed by atoms with van der Waals surface area (Å²) >= 11 is 0. The molecule has 0 aliphatic heterocycles. The fourth-order valence-electron chi connectivity index (χ4n) is 9.12. The summed E-state index contributed by atoms with van der Waals surface area (Å²) in [7, 11) is 0. The molecule has 0 fully saturated rings. The number of para-hydroxylation sites is 5. The van der Waals surface area contributed by atoms with Gasteiger partial charge in [0.2, 0.25) is 5.95 Å². The molecular weight excluding hydrogens is 755 g/mol. The summed E-state index contributed by atoms with van der Waals surface area (Å²) in [5.74, 6) is 1.74. The Morgan fingerprint density at radius 2 is 0.645 bits per heavy atom. The lowest BCUT2D eigenvalue weighted by molar-refractivity contribution is 0.952. The molecule has 0 radical (unpaired) electrons. The van der Waals surface area contributed by atoms with E-state index in [-0.39, 0.29) is 0 Å². The molecule has 0 unspecified atom stereocenters. The molecule has 12 aromatic rings. The van der Waals surface area contributed by atoms with Crippen LogP contribution in [-0.2, 0) is 0 Å². The van der Waals surface area contributed by atoms with Crippen LogP contribution in [0, 0.1) is 0 Å². The molecule has 0 atom stereocenters. The SMILES string of the molecule is c1ccc(-c2cc(-c3ccccc3)cc(-c3cccc(-c4nc(-c5ccccc5-n5c6ccccc6c6ccccc65)nc(-n5c6ccccc6c6ccccc65)n4)c3)c2)cc1. The van der Waals surface area contributed by atoms with Crippen LogP contribution in [-0.4, -0.2) is 24.1 Å². The lowest BCUT2D eigenvalue weighted by Crippen LogP contribution is -2.07. The highest BCUT2D eigenvalue weighted by Crippen LogP contribution is 2.38. The molecule has 5 heteroatoms. The summed E-state index contributed by atoms with van der Waals surface area (Å²) in [4.78, 5) is 16.2. The normalized spacial score (nSPS) is 11.5. The number of hydrogen-bond donors (Lipinski definition) is 0. The summed E-state index contributed by atoms with van der Waals surface area (Å²) in [6, 6.07) is 79.3. The molecule has 62 heavy (non-hydrogen) atoms. The quantitative estimate of drug-likeness (QED) is 0.162. The van der Waals surface area contributed by atoms with Crippen LogP contribution in [0.2, 0.25) is 0 Å². The van der Waals surface area contributed by atoms with E-state index >= 15 is 0 Å². The van der Waals surface area contributed by atoms with Gasteiger partial charge >= 0.3 is 0 Å². The molecule has 3 aromatic heterocycles. The molecule has 9 aromatic carbocycles. The zero-order valence-corrected chi connectivity index (χ0v) is 33.6. The van der Waals surface area contributed by atoms with Gasteiger partial charge in [0.05, 0.1) is 27.8 Å². The second-order valence-corrected chi connectivity index (χ2v) is 15.7. The first-order chi connectivity index (χ1) is 30.7. The third-order valence-electron chi connectivity index (χ3n) is 12.0. The zero-order valence-electron chi connectivity index (χ0n) is 33.6. The van der Waals surface area contributed by atoms with Crippen LogP contribution in [0.3, 0.4) is 0 Å². The van der Waals surface area contributed by atoms with E-state index in [0.717, 1.165) is 71.9 Å².